The van der Waals surface area contributed by atoms with E-state index in [4.69, 9.17) is 5.11 Å². The fourth-order valence-corrected chi connectivity index (χ4v) is 2.48. The van der Waals surface area contributed by atoms with Crippen LogP contribution in [0.3, 0.4) is 0 Å². The molecule has 0 aliphatic rings. The molecule has 0 saturated heterocycles. The van der Waals surface area contributed by atoms with Gasteiger partial charge in [-0.3, -0.25) is 0 Å². The van der Waals surface area contributed by atoms with Gasteiger partial charge >= 0.3 is 0 Å². The van der Waals surface area contributed by atoms with Crippen LogP contribution in [0.25, 0.3) is 0 Å². The van der Waals surface area contributed by atoms with Crippen molar-refractivity contribution in [1.82, 2.24) is 0 Å². The van der Waals surface area contributed by atoms with E-state index in [9.17, 15) is 5.11 Å². The highest BCUT2D eigenvalue weighted by Crippen LogP contribution is 2.37. The molecule has 1 unspecified atom stereocenters. The fraction of sp³-hybridized carbons (Fsp3) is 1.00. The highest BCUT2D eigenvalue weighted by Gasteiger charge is 2.26. The fourth-order valence-electron chi connectivity index (χ4n) is 2.48. The van der Waals surface area contributed by atoms with Crippen molar-refractivity contribution in [3.05, 3.63) is 0 Å². The summed E-state index contributed by atoms with van der Waals surface area (Å²) in [5.74, 6) is 0. The summed E-state index contributed by atoms with van der Waals surface area (Å²) in [6.07, 6.45) is 10.3. The summed E-state index contributed by atoms with van der Waals surface area (Å²) < 4.78 is 0. The first-order valence-electron chi connectivity index (χ1n) is 6.96. The number of rotatable bonds is 11. The van der Waals surface area contributed by atoms with E-state index in [1.165, 1.54) is 38.5 Å². The molecule has 0 aromatic carbocycles. The molecular weight excluding hydrogens is 200 g/mol. The van der Waals surface area contributed by atoms with Gasteiger partial charge in [0.2, 0.25) is 0 Å². The van der Waals surface area contributed by atoms with Gasteiger partial charge in [-0.1, -0.05) is 46.0 Å². The molecule has 0 radical (unpaired) electrons. The molecule has 16 heavy (non-hydrogen) atoms. The molecule has 0 bridgehead atoms. The van der Waals surface area contributed by atoms with Gasteiger partial charge in [0.15, 0.2) is 0 Å². The molecule has 0 fully saturated rings. The van der Waals surface area contributed by atoms with Crippen molar-refractivity contribution in [2.45, 2.75) is 71.6 Å². The minimum atomic E-state index is 0.314. The van der Waals surface area contributed by atoms with E-state index >= 15 is 0 Å². The second-order valence-corrected chi connectivity index (χ2v) is 4.96. The van der Waals surface area contributed by atoms with Crippen LogP contribution in [-0.4, -0.2) is 23.4 Å². The largest absolute Gasteiger partial charge is 0.396 e. The lowest BCUT2D eigenvalue weighted by molar-refractivity contribution is 0.142. The Balaban J connectivity index is 4.04. The summed E-state index contributed by atoms with van der Waals surface area (Å²) in [5.41, 5.74) is 0.361. The number of hydrogen-bond acceptors (Lipinski definition) is 2. The van der Waals surface area contributed by atoms with Gasteiger partial charge in [-0.25, -0.2) is 0 Å². The van der Waals surface area contributed by atoms with Crippen LogP contribution in [0, 0.1) is 5.41 Å². The van der Waals surface area contributed by atoms with E-state index in [-0.39, 0.29) is 0 Å². The molecule has 0 rings (SSSR count). The summed E-state index contributed by atoms with van der Waals surface area (Å²) >= 11 is 0. The lowest BCUT2D eigenvalue weighted by Gasteiger charge is -2.32. The number of unbranched alkanes of at least 4 members (excludes halogenated alkanes) is 3. The van der Waals surface area contributed by atoms with Crippen molar-refractivity contribution in [1.29, 1.82) is 0 Å². The molecule has 0 saturated carbocycles. The zero-order valence-corrected chi connectivity index (χ0v) is 11.2. The first-order chi connectivity index (χ1) is 7.74. The highest BCUT2D eigenvalue weighted by molar-refractivity contribution is 4.77. The van der Waals surface area contributed by atoms with Crippen molar-refractivity contribution in [2.75, 3.05) is 13.2 Å². The number of aliphatic hydroxyl groups excluding tert-OH is 2. The third-order valence-electron chi connectivity index (χ3n) is 3.82. The highest BCUT2D eigenvalue weighted by atomic mass is 16.3. The molecule has 0 amide bonds. The van der Waals surface area contributed by atoms with E-state index < -0.39 is 0 Å². The van der Waals surface area contributed by atoms with Crippen LogP contribution in [0.15, 0.2) is 0 Å². The monoisotopic (exact) mass is 230 g/mol. The van der Waals surface area contributed by atoms with E-state index in [2.05, 4.69) is 13.8 Å². The molecule has 2 N–H and O–H groups in total. The first-order valence-corrected chi connectivity index (χ1v) is 6.96. The van der Waals surface area contributed by atoms with Crippen molar-refractivity contribution in [3.63, 3.8) is 0 Å². The minimum absolute atomic E-state index is 0.314. The van der Waals surface area contributed by atoms with Crippen molar-refractivity contribution in [3.8, 4) is 0 Å². The lowest BCUT2D eigenvalue weighted by atomic mass is 9.73. The molecule has 0 aromatic rings. The summed E-state index contributed by atoms with van der Waals surface area (Å²) in [4.78, 5) is 0. The number of aliphatic hydroxyl groups is 2. The molecule has 1 atom stereocenters. The Bertz CT molecular complexity index is 148. The quantitative estimate of drug-likeness (QED) is 0.533. The molecule has 0 aliphatic carbocycles. The number of hydrogen-bond donors (Lipinski definition) is 2. The van der Waals surface area contributed by atoms with Crippen LogP contribution in [0.1, 0.15) is 71.6 Å². The Hall–Kier alpha value is -0.0800. The van der Waals surface area contributed by atoms with E-state index in [0.29, 0.717) is 18.6 Å². The van der Waals surface area contributed by atoms with Gasteiger partial charge in [0, 0.05) is 13.2 Å². The Morgan fingerprint density at radius 1 is 0.750 bits per heavy atom. The second-order valence-electron chi connectivity index (χ2n) is 4.96. The molecular formula is C14H30O2. The Morgan fingerprint density at radius 2 is 1.44 bits per heavy atom. The maximum absolute atomic E-state index is 9.20. The van der Waals surface area contributed by atoms with Crippen LogP contribution >= 0.6 is 0 Å². The van der Waals surface area contributed by atoms with Crippen LogP contribution in [-0.2, 0) is 0 Å². The van der Waals surface area contributed by atoms with Gasteiger partial charge in [-0.15, -0.1) is 0 Å². The lowest BCUT2D eigenvalue weighted by Crippen LogP contribution is -2.21. The third kappa shape index (κ3) is 6.49. The predicted octanol–water partition coefficient (Wildman–Crippen LogP) is 3.51. The van der Waals surface area contributed by atoms with Crippen molar-refractivity contribution in [2.24, 2.45) is 5.41 Å². The SMILES string of the molecule is CCCCC(CC)(CCO)CCCCCO. The minimum Gasteiger partial charge on any atom is -0.396 e. The zero-order chi connectivity index (χ0) is 12.3. The van der Waals surface area contributed by atoms with Gasteiger partial charge in [-0.05, 0) is 31.1 Å². The summed E-state index contributed by atoms with van der Waals surface area (Å²) in [5, 5.41) is 18.0. The summed E-state index contributed by atoms with van der Waals surface area (Å²) in [6, 6.07) is 0. The van der Waals surface area contributed by atoms with Crippen LogP contribution < -0.4 is 0 Å². The van der Waals surface area contributed by atoms with Crippen molar-refractivity contribution >= 4 is 0 Å². The summed E-state index contributed by atoms with van der Waals surface area (Å²) in [6.45, 7) is 5.11. The van der Waals surface area contributed by atoms with E-state index in [0.717, 1.165) is 19.3 Å². The summed E-state index contributed by atoms with van der Waals surface area (Å²) in [7, 11) is 0. The zero-order valence-electron chi connectivity index (χ0n) is 11.2. The molecule has 0 aliphatic heterocycles. The average Bonchev–Trinajstić information content (AvgIpc) is 2.31. The normalized spacial score (nSPS) is 15.0. The molecule has 0 heterocycles. The predicted molar refractivity (Wildman–Crippen MR) is 69.5 cm³/mol. The van der Waals surface area contributed by atoms with Gasteiger partial charge in [0.25, 0.3) is 0 Å². The molecule has 2 nitrogen and oxygen atoms in total. The molecule has 0 aromatic heterocycles. The average molecular weight is 230 g/mol. The van der Waals surface area contributed by atoms with E-state index in [1.807, 2.05) is 0 Å². The first kappa shape index (κ1) is 15.9. The van der Waals surface area contributed by atoms with Crippen LogP contribution in [0.4, 0.5) is 0 Å². The van der Waals surface area contributed by atoms with Gasteiger partial charge in [0.1, 0.15) is 0 Å². The standard InChI is InChI=1S/C14H30O2/c1-3-5-9-14(4-2,11-13-16)10-7-6-8-12-15/h15-16H,3-13H2,1-2H3. The van der Waals surface area contributed by atoms with Crippen LogP contribution in [0.5, 0.6) is 0 Å². The maximum atomic E-state index is 9.20. The van der Waals surface area contributed by atoms with Gasteiger partial charge < -0.3 is 10.2 Å². The maximum Gasteiger partial charge on any atom is 0.0436 e. The second kappa shape index (κ2) is 10.1. The molecule has 2 heteroatoms. The Kier molecular flexibility index (Phi) is 10.0. The third-order valence-corrected chi connectivity index (χ3v) is 3.82. The smallest absolute Gasteiger partial charge is 0.0436 e. The topological polar surface area (TPSA) is 40.5 Å². The molecule has 98 valence electrons. The van der Waals surface area contributed by atoms with Gasteiger partial charge in [0.05, 0.1) is 0 Å². The molecule has 0 spiro atoms. The van der Waals surface area contributed by atoms with Gasteiger partial charge in [-0.2, -0.15) is 0 Å². The van der Waals surface area contributed by atoms with Crippen molar-refractivity contribution < 1.29 is 10.2 Å². The Labute approximate surface area is 101 Å². The Morgan fingerprint density at radius 3 is 1.94 bits per heavy atom. The van der Waals surface area contributed by atoms with E-state index in [1.54, 1.807) is 0 Å². The van der Waals surface area contributed by atoms with Crippen LogP contribution in [0.2, 0.25) is 0 Å².